The molecule has 1 aromatic heterocycles. The standard InChI is InChI=1S/C12H18N2O2/c1-8(2)12-7-10(13-16-12)11-5-4-6-14(11)9(3)15/h7-8,11H,4-6H2,1-3H3/t11-/m0/s1. The number of carbonyl (C=O) groups excluding carboxylic acids is 1. The molecular formula is C12H18N2O2. The second-order valence-corrected chi connectivity index (χ2v) is 4.68. The predicted octanol–water partition coefficient (Wildman–Crippen LogP) is 2.48. The number of hydrogen-bond acceptors (Lipinski definition) is 3. The van der Waals surface area contributed by atoms with Crippen LogP contribution in [0, 0.1) is 0 Å². The van der Waals surface area contributed by atoms with Crippen molar-refractivity contribution in [3.63, 3.8) is 0 Å². The molecule has 2 heterocycles. The topological polar surface area (TPSA) is 46.3 Å². The number of rotatable bonds is 2. The molecular weight excluding hydrogens is 204 g/mol. The molecule has 4 heteroatoms. The van der Waals surface area contributed by atoms with Crippen molar-refractivity contribution < 1.29 is 9.32 Å². The van der Waals surface area contributed by atoms with Gasteiger partial charge in [0.25, 0.3) is 0 Å². The van der Waals surface area contributed by atoms with Crippen molar-refractivity contribution in [3.8, 4) is 0 Å². The van der Waals surface area contributed by atoms with Gasteiger partial charge in [0.05, 0.1) is 6.04 Å². The molecule has 0 aliphatic carbocycles. The van der Waals surface area contributed by atoms with Crippen LogP contribution in [0.4, 0.5) is 0 Å². The van der Waals surface area contributed by atoms with Crippen LogP contribution in [-0.2, 0) is 4.79 Å². The van der Waals surface area contributed by atoms with E-state index in [0.29, 0.717) is 5.92 Å². The Balaban J connectivity index is 2.19. The Morgan fingerprint density at radius 3 is 2.94 bits per heavy atom. The molecule has 1 aliphatic rings. The van der Waals surface area contributed by atoms with Gasteiger partial charge in [-0.2, -0.15) is 0 Å². The van der Waals surface area contributed by atoms with Crippen LogP contribution in [0.15, 0.2) is 10.6 Å². The summed E-state index contributed by atoms with van der Waals surface area (Å²) < 4.78 is 5.28. The van der Waals surface area contributed by atoms with Crippen molar-refractivity contribution in [3.05, 3.63) is 17.5 Å². The molecule has 0 spiro atoms. The maximum absolute atomic E-state index is 11.4. The first-order valence-corrected chi connectivity index (χ1v) is 5.83. The second kappa shape index (κ2) is 4.28. The molecule has 0 saturated carbocycles. The molecule has 16 heavy (non-hydrogen) atoms. The van der Waals surface area contributed by atoms with Crippen LogP contribution in [0.25, 0.3) is 0 Å². The van der Waals surface area contributed by atoms with Crippen LogP contribution in [0.1, 0.15) is 57.0 Å². The second-order valence-electron chi connectivity index (χ2n) is 4.68. The maximum atomic E-state index is 11.4. The van der Waals surface area contributed by atoms with E-state index in [-0.39, 0.29) is 11.9 Å². The van der Waals surface area contributed by atoms with Crippen LogP contribution in [0.5, 0.6) is 0 Å². The molecule has 1 saturated heterocycles. The molecule has 0 aromatic carbocycles. The van der Waals surface area contributed by atoms with E-state index in [9.17, 15) is 4.79 Å². The Hall–Kier alpha value is -1.32. The van der Waals surface area contributed by atoms with Crippen molar-refractivity contribution in [2.24, 2.45) is 0 Å². The van der Waals surface area contributed by atoms with Crippen molar-refractivity contribution in [1.82, 2.24) is 10.1 Å². The zero-order valence-electron chi connectivity index (χ0n) is 10.1. The van der Waals surface area contributed by atoms with E-state index in [1.54, 1.807) is 6.92 Å². The summed E-state index contributed by atoms with van der Waals surface area (Å²) >= 11 is 0. The molecule has 0 N–H and O–H groups in total. The minimum atomic E-state index is 0.119. The summed E-state index contributed by atoms with van der Waals surface area (Å²) in [5.74, 6) is 1.36. The fourth-order valence-corrected chi connectivity index (χ4v) is 2.18. The molecule has 2 rings (SSSR count). The number of amides is 1. The summed E-state index contributed by atoms with van der Waals surface area (Å²) in [5.41, 5.74) is 0.899. The van der Waals surface area contributed by atoms with Gasteiger partial charge in [-0.25, -0.2) is 0 Å². The monoisotopic (exact) mass is 222 g/mol. The smallest absolute Gasteiger partial charge is 0.220 e. The lowest BCUT2D eigenvalue weighted by Crippen LogP contribution is -2.28. The van der Waals surface area contributed by atoms with Gasteiger partial charge >= 0.3 is 0 Å². The van der Waals surface area contributed by atoms with Gasteiger partial charge < -0.3 is 9.42 Å². The molecule has 0 unspecified atom stereocenters. The summed E-state index contributed by atoms with van der Waals surface area (Å²) in [4.78, 5) is 13.3. The van der Waals surface area contributed by atoms with E-state index in [1.807, 2.05) is 11.0 Å². The van der Waals surface area contributed by atoms with Gasteiger partial charge in [0.1, 0.15) is 11.5 Å². The summed E-state index contributed by atoms with van der Waals surface area (Å²) in [6.07, 6.45) is 2.04. The third-order valence-corrected chi connectivity index (χ3v) is 3.11. The molecule has 0 radical (unpaired) electrons. The summed E-state index contributed by atoms with van der Waals surface area (Å²) in [6, 6.07) is 2.10. The fourth-order valence-electron chi connectivity index (χ4n) is 2.18. The first kappa shape index (κ1) is 11.2. The molecule has 1 atom stereocenters. The first-order chi connectivity index (χ1) is 7.59. The fraction of sp³-hybridized carbons (Fsp3) is 0.667. The van der Waals surface area contributed by atoms with Gasteiger partial charge in [0, 0.05) is 25.5 Å². The average Bonchev–Trinajstić information content (AvgIpc) is 2.86. The van der Waals surface area contributed by atoms with Gasteiger partial charge in [-0.15, -0.1) is 0 Å². The first-order valence-electron chi connectivity index (χ1n) is 5.83. The van der Waals surface area contributed by atoms with Crippen LogP contribution < -0.4 is 0 Å². The van der Waals surface area contributed by atoms with Crippen LogP contribution >= 0.6 is 0 Å². The highest BCUT2D eigenvalue weighted by Gasteiger charge is 2.30. The van der Waals surface area contributed by atoms with Gasteiger partial charge in [0.15, 0.2) is 0 Å². The van der Waals surface area contributed by atoms with Crippen molar-refractivity contribution >= 4 is 5.91 Å². The van der Waals surface area contributed by atoms with E-state index >= 15 is 0 Å². The Labute approximate surface area is 95.6 Å². The lowest BCUT2D eigenvalue weighted by atomic mass is 10.1. The van der Waals surface area contributed by atoms with Crippen LogP contribution in [-0.4, -0.2) is 22.5 Å². The molecule has 0 bridgehead atoms. The maximum Gasteiger partial charge on any atom is 0.220 e. The summed E-state index contributed by atoms with van der Waals surface area (Å²) in [7, 11) is 0. The van der Waals surface area contributed by atoms with Crippen molar-refractivity contribution in [2.45, 2.75) is 45.6 Å². The van der Waals surface area contributed by atoms with Gasteiger partial charge in [-0.1, -0.05) is 19.0 Å². The zero-order valence-corrected chi connectivity index (χ0v) is 10.1. The third kappa shape index (κ3) is 1.96. The highest BCUT2D eigenvalue weighted by atomic mass is 16.5. The van der Waals surface area contributed by atoms with Crippen LogP contribution in [0.3, 0.4) is 0 Å². The highest BCUT2D eigenvalue weighted by molar-refractivity contribution is 5.74. The summed E-state index contributed by atoms with van der Waals surface area (Å²) in [5, 5.41) is 4.08. The lowest BCUT2D eigenvalue weighted by Gasteiger charge is -2.20. The van der Waals surface area contributed by atoms with E-state index in [2.05, 4.69) is 19.0 Å². The van der Waals surface area contributed by atoms with Crippen LogP contribution in [0.2, 0.25) is 0 Å². The SMILES string of the molecule is CC(=O)N1CCC[C@H]1c1cc(C(C)C)on1. The normalized spacial score (nSPS) is 20.8. The number of hydrogen-bond donors (Lipinski definition) is 0. The van der Waals surface area contributed by atoms with Gasteiger partial charge in [-0.3, -0.25) is 4.79 Å². The minimum Gasteiger partial charge on any atom is -0.361 e. The predicted molar refractivity (Wildman–Crippen MR) is 60.0 cm³/mol. The van der Waals surface area contributed by atoms with Gasteiger partial charge in [-0.05, 0) is 12.8 Å². The minimum absolute atomic E-state index is 0.119. The summed E-state index contributed by atoms with van der Waals surface area (Å²) in [6.45, 7) is 6.59. The quantitative estimate of drug-likeness (QED) is 0.772. The Morgan fingerprint density at radius 2 is 2.38 bits per heavy atom. The van der Waals surface area contributed by atoms with E-state index < -0.39 is 0 Å². The number of aromatic nitrogens is 1. The lowest BCUT2D eigenvalue weighted by molar-refractivity contribution is -0.129. The molecule has 1 amide bonds. The third-order valence-electron chi connectivity index (χ3n) is 3.11. The highest BCUT2D eigenvalue weighted by Crippen LogP contribution is 2.32. The molecule has 1 fully saturated rings. The molecule has 88 valence electrons. The average molecular weight is 222 g/mol. The number of likely N-dealkylation sites (tertiary alicyclic amines) is 1. The Bertz CT molecular complexity index is 384. The number of carbonyl (C=O) groups is 1. The molecule has 4 nitrogen and oxygen atoms in total. The van der Waals surface area contributed by atoms with Gasteiger partial charge in [0.2, 0.25) is 5.91 Å². The Morgan fingerprint density at radius 1 is 1.62 bits per heavy atom. The van der Waals surface area contributed by atoms with E-state index in [4.69, 9.17) is 4.52 Å². The molecule has 1 aromatic rings. The largest absolute Gasteiger partial charge is 0.361 e. The van der Waals surface area contributed by atoms with E-state index in [0.717, 1.165) is 30.8 Å². The zero-order chi connectivity index (χ0) is 11.7. The Kier molecular flexibility index (Phi) is 2.99. The molecule has 1 aliphatic heterocycles. The van der Waals surface area contributed by atoms with Crippen molar-refractivity contribution in [1.29, 1.82) is 0 Å². The number of nitrogens with zero attached hydrogens (tertiary/aromatic N) is 2. The van der Waals surface area contributed by atoms with Crippen molar-refractivity contribution in [2.75, 3.05) is 6.54 Å². The van der Waals surface area contributed by atoms with E-state index in [1.165, 1.54) is 0 Å².